The average molecular weight is 247 g/mol. The highest BCUT2D eigenvalue weighted by atomic mass is 16.1. The van der Waals surface area contributed by atoms with Crippen molar-refractivity contribution < 1.29 is 4.79 Å². The molecule has 96 valence electrons. The molecule has 0 aliphatic carbocycles. The molecule has 0 saturated heterocycles. The third-order valence-corrected chi connectivity index (χ3v) is 2.66. The summed E-state index contributed by atoms with van der Waals surface area (Å²) in [6.07, 6.45) is 7.51. The van der Waals surface area contributed by atoms with E-state index < -0.39 is 0 Å². The Bertz CT molecular complexity index is 488. The minimum atomic E-state index is -0.00994. The number of imidazole rings is 1. The molecular formula is C12H17N5O. The second kappa shape index (κ2) is 6.00. The van der Waals surface area contributed by atoms with Gasteiger partial charge < -0.3 is 9.88 Å². The maximum atomic E-state index is 11.6. The first-order valence-electron chi connectivity index (χ1n) is 6.08. The average Bonchev–Trinajstić information content (AvgIpc) is 3.00. The number of hydrogen-bond donors (Lipinski definition) is 2. The van der Waals surface area contributed by atoms with Gasteiger partial charge in [0.15, 0.2) is 5.82 Å². The number of carbonyl (C=O) groups is 1. The van der Waals surface area contributed by atoms with Crippen LogP contribution in [0.25, 0.3) is 0 Å². The molecule has 0 radical (unpaired) electrons. The van der Waals surface area contributed by atoms with Gasteiger partial charge in [-0.2, -0.15) is 5.10 Å². The third kappa shape index (κ3) is 3.44. The molecule has 2 aromatic rings. The van der Waals surface area contributed by atoms with E-state index >= 15 is 0 Å². The predicted octanol–water partition coefficient (Wildman–Crippen LogP) is 1.59. The fraction of sp³-hybridized carbons (Fsp3) is 0.417. The Balaban J connectivity index is 1.71. The molecule has 0 spiro atoms. The first-order valence-corrected chi connectivity index (χ1v) is 6.08. The van der Waals surface area contributed by atoms with E-state index in [1.54, 1.807) is 12.5 Å². The van der Waals surface area contributed by atoms with Crippen molar-refractivity contribution in [3.63, 3.8) is 0 Å². The van der Waals surface area contributed by atoms with E-state index in [4.69, 9.17) is 0 Å². The Kier molecular flexibility index (Phi) is 4.11. The molecule has 0 bridgehead atoms. The number of anilines is 1. The lowest BCUT2D eigenvalue weighted by atomic mass is 10.3. The lowest BCUT2D eigenvalue weighted by Crippen LogP contribution is -2.12. The first-order chi connectivity index (χ1) is 8.78. The number of nitrogens with zero attached hydrogens (tertiary/aromatic N) is 3. The van der Waals surface area contributed by atoms with Crippen molar-refractivity contribution in [2.75, 3.05) is 5.32 Å². The van der Waals surface area contributed by atoms with Gasteiger partial charge in [-0.15, -0.1) is 0 Å². The van der Waals surface area contributed by atoms with Crippen LogP contribution < -0.4 is 5.32 Å². The summed E-state index contributed by atoms with van der Waals surface area (Å²) in [4.78, 5) is 15.6. The van der Waals surface area contributed by atoms with Crippen LogP contribution in [-0.4, -0.2) is 25.7 Å². The third-order valence-electron chi connectivity index (χ3n) is 2.66. The molecule has 6 nitrogen and oxygen atoms in total. The minimum absolute atomic E-state index is 0.00994. The topological polar surface area (TPSA) is 75.6 Å². The summed E-state index contributed by atoms with van der Waals surface area (Å²) in [6.45, 7) is 2.83. The molecule has 2 rings (SSSR count). The van der Waals surface area contributed by atoms with Crippen molar-refractivity contribution in [3.05, 3.63) is 30.5 Å². The SMILES string of the molecule is CCc1cc(NC(=O)CCCn2ccnc2)n[nH]1. The summed E-state index contributed by atoms with van der Waals surface area (Å²) in [5.41, 5.74) is 1.02. The van der Waals surface area contributed by atoms with Gasteiger partial charge in [0.05, 0.1) is 6.33 Å². The lowest BCUT2D eigenvalue weighted by molar-refractivity contribution is -0.116. The minimum Gasteiger partial charge on any atom is -0.337 e. The molecule has 6 heteroatoms. The van der Waals surface area contributed by atoms with Crippen molar-refractivity contribution in [2.45, 2.75) is 32.7 Å². The molecule has 2 aromatic heterocycles. The molecule has 0 aliphatic heterocycles. The van der Waals surface area contributed by atoms with Crippen LogP contribution in [0.3, 0.4) is 0 Å². The Morgan fingerprint density at radius 1 is 1.56 bits per heavy atom. The number of nitrogens with one attached hydrogen (secondary N) is 2. The summed E-state index contributed by atoms with van der Waals surface area (Å²) in [7, 11) is 0. The summed E-state index contributed by atoms with van der Waals surface area (Å²) in [6, 6.07) is 1.85. The maximum Gasteiger partial charge on any atom is 0.225 e. The standard InChI is InChI=1S/C12H17N5O/c1-2-10-8-11(16-15-10)14-12(18)4-3-6-17-7-5-13-9-17/h5,7-9H,2-4,6H2,1H3,(H2,14,15,16,18). The first kappa shape index (κ1) is 12.3. The molecule has 0 aliphatic rings. The molecule has 0 unspecified atom stereocenters. The lowest BCUT2D eigenvalue weighted by Gasteiger charge is -2.02. The number of aromatic amines is 1. The van der Waals surface area contributed by atoms with Crippen molar-refractivity contribution in [1.29, 1.82) is 0 Å². The van der Waals surface area contributed by atoms with Gasteiger partial charge in [0.1, 0.15) is 0 Å². The van der Waals surface area contributed by atoms with E-state index in [1.165, 1.54) is 0 Å². The molecule has 0 fully saturated rings. The molecule has 18 heavy (non-hydrogen) atoms. The fourth-order valence-corrected chi connectivity index (χ4v) is 1.65. The van der Waals surface area contributed by atoms with Gasteiger partial charge in [-0.1, -0.05) is 6.92 Å². The molecule has 0 saturated carbocycles. The number of aromatic nitrogens is 4. The van der Waals surface area contributed by atoms with E-state index in [0.29, 0.717) is 12.2 Å². The Hall–Kier alpha value is -2.11. The van der Waals surface area contributed by atoms with Crippen molar-refractivity contribution in [2.24, 2.45) is 0 Å². The summed E-state index contributed by atoms with van der Waals surface area (Å²) in [5, 5.41) is 9.65. The van der Waals surface area contributed by atoms with E-state index in [2.05, 4.69) is 20.5 Å². The number of hydrogen-bond acceptors (Lipinski definition) is 3. The highest BCUT2D eigenvalue weighted by Gasteiger charge is 2.05. The Labute approximate surface area is 105 Å². The van der Waals surface area contributed by atoms with Gasteiger partial charge in [-0.3, -0.25) is 9.89 Å². The molecule has 1 amide bonds. The molecular weight excluding hydrogens is 230 g/mol. The van der Waals surface area contributed by atoms with Gasteiger partial charge in [0, 0.05) is 37.1 Å². The maximum absolute atomic E-state index is 11.6. The van der Waals surface area contributed by atoms with Crippen LogP contribution in [0.15, 0.2) is 24.8 Å². The zero-order valence-electron chi connectivity index (χ0n) is 10.4. The fourth-order valence-electron chi connectivity index (χ4n) is 1.65. The van der Waals surface area contributed by atoms with Gasteiger partial charge in [-0.25, -0.2) is 4.98 Å². The second-order valence-corrected chi connectivity index (χ2v) is 4.08. The van der Waals surface area contributed by atoms with Crippen molar-refractivity contribution >= 4 is 11.7 Å². The largest absolute Gasteiger partial charge is 0.337 e. The van der Waals surface area contributed by atoms with Gasteiger partial charge in [0.25, 0.3) is 0 Å². The monoisotopic (exact) mass is 247 g/mol. The number of carbonyl (C=O) groups excluding carboxylic acids is 1. The Morgan fingerprint density at radius 2 is 2.44 bits per heavy atom. The zero-order chi connectivity index (χ0) is 12.8. The van der Waals surface area contributed by atoms with Gasteiger partial charge in [-0.05, 0) is 12.8 Å². The zero-order valence-corrected chi connectivity index (χ0v) is 10.4. The number of aryl methyl sites for hydroxylation is 2. The summed E-state index contributed by atoms with van der Waals surface area (Å²) < 4.78 is 1.96. The van der Waals surface area contributed by atoms with E-state index in [-0.39, 0.29) is 5.91 Å². The second-order valence-electron chi connectivity index (χ2n) is 4.08. The van der Waals surface area contributed by atoms with Crippen LogP contribution >= 0.6 is 0 Å². The van der Waals surface area contributed by atoms with E-state index in [0.717, 1.165) is 25.1 Å². The van der Waals surface area contributed by atoms with Crippen LogP contribution in [0.1, 0.15) is 25.5 Å². The van der Waals surface area contributed by atoms with Crippen molar-refractivity contribution in [1.82, 2.24) is 19.7 Å². The van der Waals surface area contributed by atoms with Gasteiger partial charge >= 0.3 is 0 Å². The summed E-state index contributed by atoms with van der Waals surface area (Å²) >= 11 is 0. The van der Waals surface area contributed by atoms with E-state index in [9.17, 15) is 4.79 Å². The van der Waals surface area contributed by atoms with E-state index in [1.807, 2.05) is 23.8 Å². The van der Waals surface area contributed by atoms with Crippen LogP contribution in [0.2, 0.25) is 0 Å². The molecule has 2 N–H and O–H groups in total. The summed E-state index contributed by atoms with van der Waals surface area (Å²) in [5.74, 6) is 0.587. The normalized spacial score (nSPS) is 10.5. The smallest absolute Gasteiger partial charge is 0.225 e. The van der Waals surface area contributed by atoms with Crippen LogP contribution in [0.4, 0.5) is 5.82 Å². The quantitative estimate of drug-likeness (QED) is 0.813. The number of H-pyrrole nitrogens is 1. The molecule has 0 atom stereocenters. The highest BCUT2D eigenvalue weighted by Crippen LogP contribution is 2.06. The van der Waals surface area contributed by atoms with Crippen LogP contribution in [-0.2, 0) is 17.8 Å². The number of rotatable bonds is 6. The molecule has 2 heterocycles. The van der Waals surface area contributed by atoms with Crippen molar-refractivity contribution in [3.8, 4) is 0 Å². The van der Waals surface area contributed by atoms with Gasteiger partial charge in [0.2, 0.25) is 5.91 Å². The Morgan fingerprint density at radius 3 is 3.11 bits per heavy atom. The highest BCUT2D eigenvalue weighted by molar-refractivity contribution is 5.89. The number of amides is 1. The predicted molar refractivity (Wildman–Crippen MR) is 68.1 cm³/mol. The molecule has 0 aromatic carbocycles. The van der Waals surface area contributed by atoms with Crippen LogP contribution in [0.5, 0.6) is 0 Å². The van der Waals surface area contributed by atoms with Crippen LogP contribution in [0, 0.1) is 0 Å².